The maximum atomic E-state index is 10.7. The standard InChI is InChI=1S/C14H19NO2/c1-3-15-9-10(2)14-11(7-8-13(16)17)5-4-6-12(14)15/h4-6,10H,3,7-9H2,1-2H3,(H,16,17). The number of aryl methyl sites for hydroxylation is 1. The molecule has 1 heterocycles. The normalized spacial score (nSPS) is 18.2. The van der Waals surface area contributed by atoms with Crippen molar-refractivity contribution in [2.75, 3.05) is 18.0 Å². The van der Waals surface area contributed by atoms with Crippen LogP contribution in [0.1, 0.15) is 37.3 Å². The number of nitrogens with zero attached hydrogens (tertiary/aromatic N) is 1. The van der Waals surface area contributed by atoms with Gasteiger partial charge in [0.2, 0.25) is 0 Å². The maximum Gasteiger partial charge on any atom is 0.303 e. The lowest BCUT2D eigenvalue weighted by atomic mass is 9.94. The summed E-state index contributed by atoms with van der Waals surface area (Å²) in [6.45, 7) is 6.44. The minimum absolute atomic E-state index is 0.218. The molecule has 0 saturated carbocycles. The van der Waals surface area contributed by atoms with Gasteiger partial charge >= 0.3 is 5.97 Å². The van der Waals surface area contributed by atoms with E-state index in [9.17, 15) is 4.79 Å². The van der Waals surface area contributed by atoms with E-state index < -0.39 is 5.97 Å². The highest BCUT2D eigenvalue weighted by molar-refractivity contribution is 5.68. The Kier molecular flexibility index (Phi) is 3.36. The van der Waals surface area contributed by atoms with Crippen LogP contribution < -0.4 is 4.90 Å². The average molecular weight is 233 g/mol. The largest absolute Gasteiger partial charge is 0.481 e. The number of rotatable bonds is 4. The molecule has 2 rings (SSSR count). The van der Waals surface area contributed by atoms with Crippen LogP contribution in [-0.2, 0) is 11.2 Å². The molecule has 17 heavy (non-hydrogen) atoms. The van der Waals surface area contributed by atoms with Crippen LogP contribution in [0.4, 0.5) is 5.69 Å². The van der Waals surface area contributed by atoms with E-state index in [0.29, 0.717) is 12.3 Å². The van der Waals surface area contributed by atoms with Crippen LogP contribution >= 0.6 is 0 Å². The molecule has 1 aliphatic heterocycles. The number of aliphatic carboxylic acids is 1. The highest BCUT2D eigenvalue weighted by atomic mass is 16.4. The lowest BCUT2D eigenvalue weighted by molar-refractivity contribution is -0.136. The molecule has 1 unspecified atom stereocenters. The molecule has 0 amide bonds. The molecule has 0 saturated heterocycles. The van der Waals surface area contributed by atoms with Gasteiger partial charge in [0, 0.05) is 31.1 Å². The fraction of sp³-hybridized carbons (Fsp3) is 0.500. The van der Waals surface area contributed by atoms with Gasteiger partial charge in [-0.05, 0) is 30.5 Å². The van der Waals surface area contributed by atoms with Gasteiger partial charge in [-0.15, -0.1) is 0 Å². The van der Waals surface area contributed by atoms with E-state index in [1.165, 1.54) is 16.8 Å². The summed E-state index contributed by atoms with van der Waals surface area (Å²) in [6, 6.07) is 6.25. The van der Waals surface area contributed by atoms with Crippen LogP contribution in [0.25, 0.3) is 0 Å². The van der Waals surface area contributed by atoms with Crippen molar-refractivity contribution in [3.63, 3.8) is 0 Å². The average Bonchev–Trinajstić information content (AvgIpc) is 2.64. The zero-order valence-electron chi connectivity index (χ0n) is 10.4. The second kappa shape index (κ2) is 4.78. The molecule has 92 valence electrons. The van der Waals surface area contributed by atoms with Gasteiger partial charge in [0.15, 0.2) is 0 Å². The zero-order valence-corrected chi connectivity index (χ0v) is 10.4. The molecule has 3 heteroatoms. The first-order valence-corrected chi connectivity index (χ1v) is 6.22. The molecule has 1 atom stereocenters. The molecule has 0 fully saturated rings. The number of likely N-dealkylation sites (N-methyl/N-ethyl adjacent to an activating group) is 1. The third-order valence-corrected chi connectivity index (χ3v) is 3.49. The van der Waals surface area contributed by atoms with Crippen LogP contribution in [-0.4, -0.2) is 24.2 Å². The molecule has 0 radical (unpaired) electrons. The SMILES string of the molecule is CCN1CC(C)c2c(CCC(=O)O)cccc21. The van der Waals surface area contributed by atoms with E-state index in [1.54, 1.807) is 0 Å². The van der Waals surface area contributed by atoms with Crippen LogP contribution in [0.2, 0.25) is 0 Å². The predicted molar refractivity (Wildman–Crippen MR) is 68.7 cm³/mol. The Morgan fingerprint density at radius 3 is 2.94 bits per heavy atom. The van der Waals surface area contributed by atoms with E-state index in [-0.39, 0.29) is 6.42 Å². The second-order valence-electron chi connectivity index (χ2n) is 4.68. The third-order valence-electron chi connectivity index (χ3n) is 3.49. The van der Waals surface area contributed by atoms with Gasteiger partial charge in [-0.25, -0.2) is 0 Å². The minimum atomic E-state index is -0.722. The summed E-state index contributed by atoms with van der Waals surface area (Å²) in [6.07, 6.45) is 0.857. The van der Waals surface area contributed by atoms with Crippen molar-refractivity contribution < 1.29 is 9.90 Å². The maximum absolute atomic E-state index is 10.7. The number of hydrogen-bond donors (Lipinski definition) is 1. The lowest BCUT2D eigenvalue weighted by Gasteiger charge is -2.16. The Hall–Kier alpha value is -1.51. The molecular formula is C14H19NO2. The summed E-state index contributed by atoms with van der Waals surface area (Å²) in [4.78, 5) is 13.0. The van der Waals surface area contributed by atoms with Crippen molar-refractivity contribution in [1.82, 2.24) is 0 Å². The van der Waals surface area contributed by atoms with Gasteiger partial charge in [0.05, 0.1) is 0 Å². The van der Waals surface area contributed by atoms with Crippen molar-refractivity contribution >= 4 is 11.7 Å². The number of fused-ring (bicyclic) bond motifs is 1. The Labute approximate surface area is 102 Å². The number of carbonyl (C=O) groups is 1. The Bertz CT molecular complexity index is 428. The van der Waals surface area contributed by atoms with Gasteiger partial charge in [-0.2, -0.15) is 0 Å². The summed E-state index contributed by atoms with van der Waals surface area (Å²) < 4.78 is 0. The number of hydrogen-bond acceptors (Lipinski definition) is 2. The van der Waals surface area contributed by atoms with Crippen molar-refractivity contribution in [2.45, 2.75) is 32.6 Å². The summed E-state index contributed by atoms with van der Waals surface area (Å²) in [7, 11) is 0. The fourth-order valence-corrected chi connectivity index (χ4v) is 2.72. The minimum Gasteiger partial charge on any atom is -0.481 e. The first-order chi connectivity index (χ1) is 8.13. The predicted octanol–water partition coefficient (Wildman–Crippen LogP) is 2.65. The van der Waals surface area contributed by atoms with Gasteiger partial charge < -0.3 is 10.0 Å². The number of benzene rings is 1. The van der Waals surface area contributed by atoms with E-state index in [4.69, 9.17) is 5.11 Å². The van der Waals surface area contributed by atoms with Crippen LogP contribution in [0.15, 0.2) is 18.2 Å². The Balaban J connectivity index is 2.30. The first kappa shape index (κ1) is 12.0. The smallest absolute Gasteiger partial charge is 0.303 e. The number of anilines is 1. The van der Waals surface area contributed by atoms with Crippen molar-refractivity contribution in [1.29, 1.82) is 0 Å². The van der Waals surface area contributed by atoms with E-state index >= 15 is 0 Å². The van der Waals surface area contributed by atoms with Crippen LogP contribution in [0.3, 0.4) is 0 Å². The Morgan fingerprint density at radius 2 is 2.29 bits per heavy atom. The highest BCUT2D eigenvalue weighted by Crippen LogP contribution is 2.38. The molecule has 0 spiro atoms. The summed E-state index contributed by atoms with van der Waals surface area (Å²) >= 11 is 0. The second-order valence-corrected chi connectivity index (χ2v) is 4.68. The molecule has 0 bridgehead atoms. The van der Waals surface area contributed by atoms with Crippen molar-refractivity contribution in [3.8, 4) is 0 Å². The molecular weight excluding hydrogens is 214 g/mol. The van der Waals surface area contributed by atoms with Gasteiger partial charge in [-0.1, -0.05) is 19.1 Å². The molecule has 1 aromatic carbocycles. The van der Waals surface area contributed by atoms with Crippen LogP contribution in [0, 0.1) is 0 Å². The number of carboxylic acids is 1. The summed E-state index contributed by atoms with van der Waals surface area (Å²) in [5, 5.41) is 8.78. The third kappa shape index (κ3) is 2.28. The molecule has 1 aromatic rings. The molecule has 0 aliphatic carbocycles. The van der Waals surface area contributed by atoms with E-state index in [1.807, 2.05) is 6.07 Å². The molecule has 1 N–H and O–H groups in total. The van der Waals surface area contributed by atoms with Crippen molar-refractivity contribution in [2.24, 2.45) is 0 Å². The summed E-state index contributed by atoms with van der Waals surface area (Å²) in [5.74, 6) is -0.212. The van der Waals surface area contributed by atoms with Gasteiger partial charge in [0.1, 0.15) is 0 Å². The monoisotopic (exact) mass is 233 g/mol. The number of carboxylic acid groups (broad SMARTS) is 1. The highest BCUT2D eigenvalue weighted by Gasteiger charge is 2.26. The van der Waals surface area contributed by atoms with Gasteiger partial charge in [0.25, 0.3) is 0 Å². The van der Waals surface area contributed by atoms with Crippen molar-refractivity contribution in [3.05, 3.63) is 29.3 Å². The van der Waals surface area contributed by atoms with E-state index in [0.717, 1.165) is 13.1 Å². The topological polar surface area (TPSA) is 40.5 Å². The molecule has 3 nitrogen and oxygen atoms in total. The molecule has 0 aromatic heterocycles. The van der Waals surface area contributed by atoms with E-state index in [2.05, 4.69) is 30.9 Å². The molecule has 1 aliphatic rings. The zero-order chi connectivity index (χ0) is 12.4. The summed E-state index contributed by atoms with van der Waals surface area (Å²) in [5.41, 5.74) is 3.85. The first-order valence-electron chi connectivity index (χ1n) is 6.22. The fourth-order valence-electron chi connectivity index (χ4n) is 2.72. The lowest BCUT2D eigenvalue weighted by Crippen LogP contribution is -2.20. The van der Waals surface area contributed by atoms with Gasteiger partial charge in [-0.3, -0.25) is 4.79 Å². The van der Waals surface area contributed by atoms with Crippen LogP contribution in [0.5, 0.6) is 0 Å². The Morgan fingerprint density at radius 1 is 1.53 bits per heavy atom. The quantitative estimate of drug-likeness (QED) is 0.869.